The predicted octanol–water partition coefficient (Wildman–Crippen LogP) is 40.5. The number of aliphatic imine (C=N–C) groups is 2. The number of rotatable bonds is 48. The minimum atomic E-state index is 0.170. The third-order valence-corrected chi connectivity index (χ3v) is 39.8. The van der Waals surface area contributed by atoms with E-state index in [2.05, 4.69) is 293 Å². The van der Waals surface area contributed by atoms with Crippen molar-refractivity contribution in [2.75, 3.05) is 9.80 Å². The van der Waals surface area contributed by atoms with Crippen molar-refractivity contribution in [2.45, 2.75) is 245 Å². The zero-order valence-electron chi connectivity index (χ0n) is 74.7. The molecule has 0 aliphatic heterocycles. The monoisotopic (exact) mass is 1900 g/mol. The Labute approximate surface area is 810 Å². The van der Waals surface area contributed by atoms with Gasteiger partial charge in [-0.25, -0.2) is 0 Å². The van der Waals surface area contributed by atoms with Crippen molar-refractivity contribution in [3.05, 3.63) is 275 Å². The summed E-state index contributed by atoms with van der Waals surface area (Å²) in [5, 5.41) is 2.44. The van der Waals surface area contributed by atoms with Crippen molar-refractivity contribution >= 4 is 181 Å². The average molecular weight is 1910 g/mol. The molecule has 1 saturated carbocycles. The molecule has 4 aromatic carbocycles. The number of nitrogens with zero attached hydrogens (tertiary/aromatic N) is 4. The topological polar surface area (TPSA) is 31.2 Å². The summed E-state index contributed by atoms with van der Waals surface area (Å²) in [7, 11) is 0. The van der Waals surface area contributed by atoms with Crippen LogP contribution in [0.15, 0.2) is 253 Å². The highest BCUT2D eigenvalue weighted by Gasteiger charge is 2.28. The standard InChI is InChI=1S/C112H120N4S12/c1-5-9-13-17-21-29-43-79-73-103(105-75-81(45-31-23-19-15-11-7-3)111(127-105)101-67-63-95(121-101)97-69-71-107(123-97)115(83-47-33-25-34-48-83)84-49-35-26-36-50-84)125-109(79)99-65-61-93(119-99)91-59-57-87(117-91)77-113-89-55-41-42-56-90(89)114-78-88-58-60-92(118-88)94-62-66-100(120-94)110-80(44-30-22-18-14-10-6-2)74-104(126-110)106-76-82(46-32-24-20-16-12-8-4)112(128-106)102-68-64-96(122-102)98-70-72-108(124-98)116(85-51-37-27-38-52-85)86-53-39-28-40-54-86/h25-28,33-40,47-54,57-78,89-90H,5-24,29-32,41-46,55-56H2,1-4H3/t89-,90-/m1/s1. The molecule has 1 aliphatic rings. The van der Waals surface area contributed by atoms with Gasteiger partial charge in [0.15, 0.2) is 0 Å². The van der Waals surface area contributed by atoms with Crippen molar-refractivity contribution in [3.8, 4) is 97.5 Å². The van der Waals surface area contributed by atoms with E-state index in [0.29, 0.717) is 0 Å². The van der Waals surface area contributed by atoms with Crippen LogP contribution in [0.4, 0.5) is 32.8 Å². The highest BCUT2D eigenvalue weighted by molar-refractivity contribution is 7.32. The smallest absolute Gasteiger partial charge is 0.101 e. The summed E-state index contributed by atoms with van der Waals surface area (Å²) in [5.41, 5.74) is 10.8. The first-order valence-corrected chi connectivity index (χ1v) is 57.3. The lowest BCUT2D eigenvalue weighted by molar-refractivity contribution is 0.390. The number of hydrogen-bond acceptors (Lipinski definition) is 16. The number of aryl methyl sites for hydroxylation is 4. The van der Waals surface area contributed by atoms with E-state index < -0.39 is 0 Å². The Bertz CT molecular complexity index is 5660. The van der Waals surface area contributed by atoms with E-state index in [1.54, 1.807) is 0 Å². The average Bonchev–Trinajstić information content (AvgIpc) is 1.63. The molecule has 0 radical (unpaired) electrons. The number of hydrogen-bond donors (Lipinski definition) is 0. The van der Waals surface area contributed by atoms with Crippen molar-refractivity contribution in [2.24, 2.45) is 9.98 Å². The SMILES string of the molecule is CCCCCCCCc1cc(-c2cc(CCCCCCCC)c(-c3ccc(-c4ccc(N(c5ccccc5)c5ccccc5)s4)s3)s2)sc1-c1ccc(-c2ccc(C=N[C@@H]3CCCC[C@H]3N=Cc3ccc(-c4ccc(-c5sc(-c6cc(CCCCCCCC)c(-c7ccc(-c8ccc(N(c9ccccc9)c9ccccc9)s8)s7)s6)cc5CCCCCCCC)s4)s3)s2)s1. The number of para-hydroxylation sites is 4. The largest absolute Gasteiger partial charge is 0.302 e. The van der Waals surface area contributed by atoms with E-state index in [4.69, 9.17) is 9.98 Å². The Balaban J connectivity index is 0.577. The molecule has 0 unspecified atom stereocenters. The molecule has 660 valence electrons. The zero-order chi connectivity index (χ0) is 87.0. The summed E-state index contributed by atoms with van der Waals surface area (Å²) >= 11 is 23.6. The van der Waals surface area contributed by atoms with Gasteiger partial charge in [-0.2, -0.15) is 0 Å². The fourth-order valence-corrected chi connectivity index (χ4v) is 31.5. The van der Waals surface area contributed by atoms with Crippen molar-refractivity contribution in [3.63, 3.8) is 0 Å². The third kappa shape index (κ3) is 23.8. The van der Waals surface area contributed by atoms with Gasteiger partial charge in [-0.3, -0.25) is 9.98 Å². The number of anilines is 6. The quantitative estimate of drug-likeness (QED) is 0.0281. The Hall–Kier alpha value is -7.78. The predicted molar refractivity (Wildman–Crippen MR) is 581 cm³/mol. The molecule has 2 atom stereocenters. The fraction of sp³-hybridized carbons (Fsp3) is 0.339. The van der Waals surface area contributed by atoms with Gasteiger partial charge in [0.1, 0.15) is 10.0 Å². The molecule has 0 saturated heterocycles. The molecule has 0 N–H and O–H groups in total. The van der Waals surface area contributed by atoms with E-state index in [0.717, 1.165) is 38.5 Å². The number of thiophene rings is 12. The summed E-state index contributed by atoms with van der Waals surface area (Å²) in [6.07, 6.45) is 44.5. The summed E-state index contributed by atoms with van der Waals surface area (Å²) in [6.45, 7) is 9.29. The van der Waals surface area contributed by atoms with Gasteiger partial charge in [0.2, 0.25) is 0 Å². The first-order chi connectivity index (χ1) is 63.3. The number of unbranched alkanes of at least 4 members (excludes halogenated alkanes) is 20. The fourth-order valence-electron chi connectivity index (χ4n) is 17.7. The molecule has 16 heteroatoms. The lowest BCUT2D eigenvalue weighted by atomic mass is 9.91. The maximum atomic E-state index is 5.41. The second-order valence-electron chi connectivity index (χ2n) is 34.3. The van der Waals surface area contributed by atoms with E-state index in [1.165, 1.54) is 329 Å². The van der Waals surface area contributed by atoms with Gasteiger partial charge in [0, 0.05) is 142 Å². The Morgan fingerprint density at radius 3 is 0.750 bits per heavy atom. The minimum absolute atomic E-state index is 0.170. The van der Waals surface area contributed by atoms with Crippen molar-refractivity contribution in [1.29, 1.82) is 0 Å². The highest BCUT2D eigenvalue weighted by atomic mass is 32.1. The summed E-state index contributed by atoms with van der Waals surface area (Å²) in [6, 6.07) is 91.7. The molecule has 128 heavy (non-hydrogen) atoms. The van der Waals surface area contributed by atoms with Crippen LogP contribution in [-0.2, 0) is 25.7 Å². The molecule has 0 spiro atoms. The van der Waals surface area contributed by atoms with Crippen LogP contribution in [0.3, 0.4) is 0 Å². The molecule has 0 bridgehead atoms. The second-order valence-corrected chi connectivity index (χ2v) is 47.2. The second kappa shape index (κ2) is 47.0. The van der Waals surface area contributed by atoms with E-state index >= 15 is 0 Å². The zero-order valence-corrected chi connectivity index (χ0v) is 84.5. The summed E-state index contributed by atoms with van der Waals surface area (Å²) < 4.78 is 0. The van der Waals surface area contributed by atoms with E-state index in [-0.39, 0.29) is 12.1 Å². The normalized spacial score (nSPS) is 13.7. The van der Waals surface area contributed by atoms with Crippen molar-refractivity contribution in [1.82, 2.24) is 0 Å². The maximum absolute atomic E-state index is 5.41. The van der Waals surface area contributed by atoms with Crippen molar-refractivity contribution < 1.29 is 0 Å². The van der Waals surface area contributed by atoms with Crippen LogP contribution in [0, 0.1) is 0 Å². The molecule has 17 rings (SSSR count). The highest BCUT2D eigenvalue weighted by Crippen LogP contribution is 2.54. The van der Waals surface area contributed by atoms with Crippen LogP contribution in [0.5, 0.6) is 0 Å². The van der Waals surface area contributed by atoms with Gasteiger partial charge in [-0.1, -0.05) is 242 Å². The molecule has 16 aromatic rings. The molecule has 1 fully saturated rings. The first kappa shape index (κ1) is 92.1. The number of benzene rings is 4. The Morgan fingerprint density at radius 2 is 0.469 bits per heavy atom. The van der Waals surface area contributed by atoms with Crippen LogP contribution in [0.2, 0.25) is 0 Å². The molecular formula is C112H120N4S12. The molecule has 0 amide bonds. The van der Waals surface area contributed by atoms with E-state index in [1.807, 2.05) is 136 Å². The lowest BCUT2D eigenvalue weighted by Gasteiger charge is -2.25. The molecule has 4 nitrogen and oxygen atoms in total. The third-order valence-electron chi connectivity index (χ3n) is 24.6. The molecular weight excluding hydrogens is 1790 g/mol. The van der Waals surface area contributed by atoms with Gasteiger partial charge in [-0.15, -0.1) is 136 Å². The van der Waals surface area contributed by atoms with Crippen LogP contribution in [0.1, 0.15) is 239 Å². The molecule has 1 aliphatic carbocycles. The lowest BCUT2D eigenvalue weighted by Crippen LogP contribution is -2.27. The van der Waals surface area contributed by atoms with Crippen LogP contribution in [0.25, 0.3) is 97.5 Å². The van der Waals surface area contributed by atoms with Crippen LogP contribution >= 0.6 is 136 Å². The van der Waals surface area contributed by atoms with Gasteiger partial charge in [0.05, 0.1) is 12.1 Å². The van der Waals surface area contributed by atoms with Gasteiger partial charge in [0.25, 0.3) is 0 Å². The maximum Gasteiger partial charge on any atom is 0.101 e. The Kier molecular flexibility index (Phi) is 33.8. The van der Waals surface area contributed by atoms with Crippen LogP contribution in [-0.4, -0.2) is 24.5 Å². The van der Waals surface area contributed by atoms with E-state index in [9.17, 15) is 0 Å². The minimum Gasteiger partial charge on any atom is -0.302 e. The summed E-state index contributed by atoms with van der Waals surface area (Å²) in [4.78, 5) is 45.7. The van der Waals surface area contributed by atoms with Gasteiger partial charge < -0.3 is 9.80 Å². The van der Waals surface area contributed by atoms with Gasteiger partial charge in [-0.05, 0) is 256 Å². The Morgan fingerprint density at radius 1 is 0.234 bits per heavy atom. The first-order valence-electron chi connectivity index (χ1n) is 47.5. The molecule has 12 aromatic heterocycles. The van der Waals surface area contributed by atoms with Crippen LogP contribution < -0.4 is 9.80 Å². The van der Waals surface area contributed by atoms with Gasteiger partial charge >= 0.3 is 0 Å². The summed E-state index contributed by atoms with van der Waals surface area (Å²) in [5.74, 6) is 0. The molecule has 12 heterocycles.